The SMILES string of the molecule is Cc1c(C(=O)N2CC(C)OC(C)C2)sc2ccccc12. The summed E-state index contributed by atoms with van der Waals surface area (Å²) in [6, 6.07) is 8.21. The zero-order valence-electron chi connectivity index (χ0n) is 12.1. The molecule has 0 spiro atoms. The summed E-state index contributed by atoms with van der Waals surface area (Å²) in [5.74, 6) is 0.144. The molecule has 2 aromatic rings. The van der Waals surface area contributed by atoms with Crippen molar-refractivity contribution in [2.45, 2.75) is 33.0 Å². The Morgan fingerprint density at radius 1 is 1.25 bits per heavy atom. The Bertz CT molecular complexity index is 639. The summed E-state index contributed by atoms with van der Waals surface area (Å²) >= 11 is 1.60. The highest BCUT2D eigenvalue weighted by atomic mass is 32.1. The number of hydrogen-bond acceptors (Lipinski definition) is 3. The standard InChI is InChI=1S/C16H19NO2S/c1-10-8-17(9-11(2)19-10)16(18)15-12(3)13-6-4-5-7-14(13)20-15/h4-7,10-11H,8-9H2,1-3H3. The molecule has 3 nitrogen and oxygen atoms in total. The van der Waals surface area contributed by atoms with Crippen molar-refractivity contribution in [3.63, 3.8) is 0 Å². The van der Waals surface area contributed by atoms with Gasteiger partial charge in [-0.25, -0.2) is 0 Å². The number of hydrogen-bond donors (Lipinski definition) is 0. The van der Waals surface area contributed by atoms with Crippen molar-refractivity contribution in [3.8, 4) is 0 Å². The number of aryl methyl sites for hydroxylation is 1. The number of morpholine rings is 1. The number of ether oxygens (including phenoxy) is 1. The molecule has 1 aromatic heterocycles. The van der Waals surface area contributed by atoms with Crippen molar-refractivity contribution in [3.05, 3.63) is 34.7 Å². The molecule has 0 radical (unpaired) electrons. The molecule has 0 N–H and O–H groups in total. The van der Waals surface area contributed by atoms with Crippen LogP contribution >= 0.6 is 11.3 Å². The summed E-state index contributed by atoms with van der Waals surface area (Å²) in [6.45, 7) is 7.44. The number of fused-ring (bicyclic) bond motifs is 1. The average Bonchev–Trinajstić information content (AvgIpc) is 2.75. The second kappa shape index (κ2) is 5.19. The molecule has 1 aliphatic rings. The molecule has 2 heterocycles. The molecule has 0 aliphatic carbocycles. The summed E-state index contributed by atoms with van der Waals surface area (Å²) < 4.78 is 6.88. The molecule has 2 atom stereocenters. The Morgan fingerprint density at radius 2 is 1.90 bits per heavy atom. The molecule has 0 bridgehead atoms. The van der Waals surface area contributed by atoms with Gasteiger partial charge in [0.1, 0.15) is 0 Å². The Morgan fingerprint density at radius 3 is 2.55 bits per heavy atom. The predicted octanol–water partition coefficient (Wildman–Crippen LogP) is 3.46. The first-order valence-electron chi connectivity index (χ1n) is 6.99. The predicted molar refractivity (Wildman–Crippen MR) is 82.5 cm³/mol. The van der Waals surface area contributed by atoms with Crippen LogP contribution < -0.4 is 0 Å². The van der Waals surface area contributed by atoms with E-state index in [2.05, 4.69) is 12.1 Å². The minimum atomic E-state index is 0.109. The van der Waals surface area contributed by atoms with E-state index in [0.29, 0.717) is 13.1 Å². The minimum Gasteiger partial charge on any atom is -0.372 e. The van der Waals surface area contributed by atoms with E-state index in [0.717, 1.165) is 10.4 Å². The highest BCUT2D eigenvalue weighted by Crippen LogP contribution is 2.31. The largest absolute Gasteiger partial charge is 0.372 e. The van der Waals surface area contributed by atoms with Gasteiger partial charge in [0.25, 0.3) is 5.91 Å². The van der Waals surface area contributed by atoms with Gasteiger partial charge in [0, 0.05) is 17.8 Å². The monoisotopic (exact) mass is 289 g/mol. The smallest absolute Gasteiger partial charge is 0.264 e. The first-order chi connectivity index (χ1) is 9.56. The normalized spacial score (nSPS) is 23.2. The molecule has 2 unspecified atom stereocenters. The molecule has 0 saturated carbocycles. The van der Waals surface area contributed by atoms with Crippen LogP contribution in [0.15, 0.2) is 24.3 Å². The van der Waals surface area contributed by atoms with E-state index in [4.69, 9.17) is 4.74 Å². The van der Waals surface area contributed by atoms with Crippen molar-refractivity contribution < 1.29 is 9.53 Å². The fourth-order valence-electron chi connectivity index (χ4n) is 2.87. The van der Waals surface area contributed by atoms with Gasteiger partial charge in [0.2, 0.25) is 0 Å². The number of carbonyl (C=O) groups is 1. The van der Waals surface area contributed by atoms with E-state index < -0.39 is 0 Å². The second-order valence-electron chi connectivity index (χ2n) is 5.52. The average molecular weight is 289 g/mol. The van der Waals surface area contributed by atoms with Crippen LogP contribution in [0.3, 0.4) is 0 Å². The molecule has 20 heavy (non-hydrogen) atoms. The number of carbonyl (C=O) groups excluding carboxylic acids is 1. The number of benzene rings is 1. The first-order valence-corrected chi connectivity index (χ1v) is 7.80. The Labute approximate surface area is 123 Å². The van der Waals surface area contributed by atoms with Crippen LogP contribution in [-0.2, 0) is 4.74 Å². The van der Waals surface area contributed by atoms with Crippen molar-refractivity contribution >= 4 is 27.3 Å². The van der Waals surface area contributed by atoms with Crippen LogP contribution in [0, 0.1) is 6.92 Å². The summed E-state index contributed by atoms with van der Waals surface area (Å²) in [5.41, 5.74) is 1.10. The van der Waals surface area contributed by atoms with Crippen LogP contribution in [0.25, 0.3) is 10.1 Å². The number of amides is 1. The van der Waals surface area contributed by atoms with Crippen LogP contribution in [0.1, 0.15) is 29.1 Å². The van der Waals surface area contributed by atoms with Crippen molar-refractivity contribution in [2.24, 2.45) is 0 Å². The fourth-order valence-corrected chi connectivity index (χ4v) is 4.04. The fraction of sp³-hybridized carbons (Fsp3) is 0.438. The number of thiophene rings is 1. The van der Waals surface area contributed by atoms with E-state index in [1.54, 1.807) is 11.3 Å². The van der Waals surface area contributed by atoms with Gasteiger partial charge in [-0.05, 0) is 37.8 Å². The molecule has 106 valence electrons. The topological polar surface area (TPSA) is 29.5 Å². The summed E-state index contributed by atoms with van der Waals surface area (Å²) in [5, 5.41) is 1.19. The van der Waals surface area contributed by atoms with Crippen molar-refractivity contribution in [1.29, 1.82) is 0 Å². The lowest BCUT2D eigenvalue weighted by atomic mass is 10.1. The third-order valence-electron chi connectivity index (χ3n) is 3.74. The molecular formula is C16H19NO2S. The Hall–Kier alpha value is -1.39. The molecule has 1 aliphatic heterocycles. The maximum absolute atomic E-state index is 12.8. The Kier molecular flexibility index (Phi) is 3.52. The van der Waals surface area contributed by atoms with E-state index in [-0.39, 0.29) is 18.1 Å². The number of nitrogens with zero attached hydrogens (tertiary/aromatic N) is 1. The number of rotatable bonds is 1. The van der Waals surface area contributed by atoms with Crippen molar-refractivity contribution in [1.82, 2.24) is 4.90 Å². The molecule has 1 fully saturated rings. The van der Waals surface area contributed by atoms with Gasteiger partial charge in [0.05, 0.1) is 17.1 Å². The summed E-state index contributed by atoms with van der Waals surface area (Å²) in [7, 11) is 0. The molecular weight excluding hydrogens is 270 g/mol. The van der Waals surface area contributed by atoms with E-state index in [9.17, 15) is 4.79 Å². The minimum absolute atomic E-state index is 0.109. The third-order valence-corrected chi connectivity index (χ3v) is 5.01. The van der Waals surface area contributed by atoms with Gasteiger partial charge in [-0.1, -0.05) is 18.2 Å². The van der Waals surface area contributed by atoms with Crippen LogP contribution in [0.4, 0.5) is 0 Å². The molecule has 1 aromatic carbocycles. The zero-order valence-corrected chi connectivity index (χ0v) is 12.9. The maximum atomic E-state index is 12.8. The van der Waals surface area contributed by atoms with Gasteiger partial charge in [0.15, 0.2) is 0 Å². The zero-order chi connectivity index (χ0) is 14.3. The van der Waals surface area contributed by atoms with Gasteiger partial charge in [-0.3, -0.25) is 4.79 Å². The van der Waals surface area contributed by atoms with Gasteiger partial charge in [-0.2, -0.15) is 0 Å². The summed E-state index contributed by atoms with van der Waals surface area (Å²) in [4.78, 5) is 15.6. The highest BCUT2D eigenvalue weighted by molar-refractivity contribution is 7.21. The second-order valence-corrected chi connectivity index (χ2v) is 6.57. The van der Waals surface area contributed by atoms with E-state index in [1.165, 1.54) is 10.1 Å². The lowest BCUT2D eigenvalue weighted by Gasteiger charge is -2.35. The van der Waals surface area contributed by atoms with Gasteiger partial charge in [-0.15, -0.1) is 11.3 Å². The van der Waals surface area contributed by atoms with E-state index in [1.807, 2.05) is 37.8 Å². The van der Waals surface area contributed by atoms with Gasteiger partial charge >= 0.3 is 0 Å². The van der Waals surface area contributed by atoms with Crippen LogP contribution in [0.5, 0.6) is 0 Å². The molecule has 3 rings (SSSR count). The Balaban J connectivity index is 1.94. The third kappa shape index (κ3) is 2.34. The lowest BCUT2D eigenvalue weighted by molar-refractivity contribution is -0.0585. The maximum Gasteiger partial charge on any atom is 0.264 e. The lowest BCUT2D eigenvalue weighted by Crippen LogP contribution is -2.48. The van der Waals surface area contributed by atoms with Crippen LogP contribution in [0.2, 0.25) is 0 Å². The first kappa shape index (κ1) is 13.6. The van der Waals surface area contributed by atoms with Gasteiger partial charge < -0.3 is 9.64 Å². The molecule has 1 saturated heterocycles. The van der Waals surface area contributed by atoms with E-state index >= 15 is 0 Å². The molecule has 4 heteroatoms. The summed E-state index contributed by atoms with van der Waals surface area (Å²) in [6.07, 6.45) is 0.217. The van der Waals surface area contributed by atoms with Crippen molar-refractivity contribution in [2.75, 3.05) is 13.1 Å². The van der Waals surface area contributed by atoms with Crippen LogP contribution in [-0.4, -0.2) is 36.1 Å². The molecule has 1 amide bonds. The highest BCUT2D eigenvalue weighted by Gasteiger charge is 2.28. The quantitative estimate of drug-likeness (QED) is 0.804.